The van der Waals surface area contributed by atoms with Gasteiger partial charge in [-0.1, -0.05) is 12.1 Å². The number of aromatic hydroxyl groups is 1. The summed E-state index contributed by atoms with van der Waals surface area (Å²) in [4.78, 5) is 0.929. The van der Waals surface area contributed by atoms with E-state index in [9.17, 15) is 9.50 Å². The second-order valence-corrected chi connectivity index (χ2v) is 4.76. The minimum Gasteiger partial charge on any atom is -0.508 e. The summed E-state index contributed by atoms with van der Waals surface area (Å²) < 4.78 is 13.1. The van der Waals surface area contributed by atoms with Crippen molar-refractivity contribution in [2.24, 2.45) is 0 Å². The molecule has 0 saturated heterocycles. The predicted octanol–water partition coefficient (Wildman–Crippen LogP) is 3.70. The molecule has 0 aromatic heterocycles. The zero-order valence-corrected chi connectivity index (χ0v) is 10.2. The number of halogens is 1. The SMILES string of the molecule is N#Cc1cc(CSc2cccc(O)c2)ccc1F. The summed E-state index contributed by atoms with van der Waals surface area (Å²) >= 11 is 1.52. The van der Waals surface area contributed by atoms with Gasteiger partial charge in [-0.2, -0.15) is 5.26 Å². The van der Waals surface area contributed by atoms with Crippen molar-refractivity contribution in [3.63, 3.8) is 0 Å². The average molecular weight is 259 g/mol. The van der Waals surface area contributed by atoms with Crippen LogP contribution in [0, 0.1) is 17.1 Å². The first-order valence-electron chi connectivity index (χ1n) is 5.29. The first kappa shape index (κ1) is 12.5. The Bertz CT molecular complexity index is 607. The Balaban J connectivity index is 2.09. The molecule has 1 N–H and O–H groups in total. The third kappa shape index (κ3) is 3.02. The highest BCUT2D eigenvalue weighted by Gasteiger charge is 2.03. The highest BCUT2D eigenvalue weighted by Crippen LogP contribution is 2.26. The molecule has 0 fully saturated rings. The number of thioether (sulfide) groups is 1. The van der Waals surface area contributed by atoms with Crippen LogP contribution in [0.4, 0.5) is 4.39 Å². The maximum atomic E-state index is 13.1. The molecule has 4 heteroatoms. The fourth-order valence-electron chi connectivity index (χ4n) is 1.49. The molecular formula is C14H10FNOS. The second kappa shape index (κ2) is 5.56. The monoisotopic (exact) mass is 259 g/mol. The van der Waals surface area contributed by atoms with Gasteiger partial charge in [-0.25, -0.2) is 4.39 Å². The molecule has 0 saturated carbocycles. The van der Waals surface area contributed by atoms with Crippen molar-refractivity contribution in [1.29, 1.82) is 5.26 Å². The number of nitrogens with zero attached hydrogens (tertiary/aromatic N) is 1. The van der Waals surface area contributed by atoms with Crippen molar-refractivity contribution in [1.82, 2.24) is 0 Å². The van der Waals surface area contributed by atoms with Gasteiger partial charge in [-0.3, -0.25) is 0 Å². The molecule has 90 valence electrons. The van der Waals surface area contributed by atoms with Crippen LogP contribution in [0.2, 0.25) is 0 Å². The van der Waals surface area contributed by atoms with E-state index in [2.05, 4.69) is 0 Å². The van der Waals surface area contributed by atoms with Crippen LogP contribution in [0.25, 0.3) is 0 Å². The molecule has 2 nitrogen and oxygen atoms in total. The minimum atomic E-state index is -0.497. The maximum Gasteiger partial charge on any atom is 0.140 e. The normalized spacial score (nSPS) is 10.0. The molecular weight excluding hydrogens is 249 g/mol. The molecule has 18 heavy (non-hydrogen) atoms. The Labute approximate surface area is 109 Å². The lowest BCUT2D eigenvalue weighted by Gasteiger charge is -2.03. The van der Waals surface area contributed by atoms with E-state index >= 15 is 0 Å². The van der Waals surface area contributed by atoms with Gasteiger partial charge in [0.1, 0.15) is 17.6 Å². The Kier molecular flexibility index (Phi) is 3.85. The second-order valence-electron chi connectivity index (χ2n) is 3.71. The van der Waals surface area contributed by atoms with Gasteiger partial charge in [0.25, 0.3) is 0 Å². The van der Waals surface area contributed by atoms with Crippen molar-refractivity contribution < 1.29 is 9.50 Å². The molecule has 0 radical (unpaired) electrons. The van der Waals surface area contributed by atoms with Gasteiger partial charge in [-0.05, 0) is 35.9 Å². The fourth-order valence-corrected chi connectivity index (χ4v) is 2.38. The van der Waals surface area contributed by atoms with Gasteiger partial charge < -0.3 is 5.11 Å². The molecule has 0 aliphatic carbocycles. The first-order valence-corrected chi connectivity index (χ1v) is 6.28. The Morgan fingerprint density at radius 1 is 1.22 bits per heavy atom. The third-order valence-electron chi connectivity index (χ3n) is 2.37. The molecule has 0 heterocycles. The van der Waals surface area contributed by atoms with Gasteiger partial charge in [0, 0.05) is 10.6 Å². The molecule has 2 aromatic carbocycles. The summed E-state index contributed by atoms with van der Waals surface area (Å²) in [6.07, 6.45) is 0. The van der Waals surface area contributed by atoms with Gasteiger partial charge in [0.15, 0.2) is 0 Å². The number of rotatable bonds is 3. The molecule has 0 aliphatic heterocycles. The van der Waals surface area contributed by atoms with Crippen LogP contribution in [0.3, 0.4) is 0 Å². The third-order valence-corrected chi connectivity index (χ3v) is 3.44. The number of hydrogen-bond acceptors (Lipinski definition) is 3. The molecule has 0 amide bonds. The maximum absolute atomic E-state index is 13.1. The fraction of sp³-hybridized carbons (Fsp3) is 0.0714. The Hall–Kier alpha value is -1.99. The molecule has 0 unspecified atom stereocenters. The van der Waals surface area contributed by atoms with Crippen LogP contribution in [0.15, 0.2) is 47.4 Å². The largest absolute Gasteiger partial charge is 0.508 e. The summed E-state index contributed by atoms with van der Waals surface area (Å²) in [6.45, 7) is 0. The van der Waals surface area contributed by atoms with Gasteiger partial charge in [-0.15, -0.1) is 11.8 Å². The lowest BCUT2D eigenvalue weighted by molar-refractivity contribution is 0.474. The first-order chi connectivity index (χ1) is 8.69. The molecule has 0 aliphatic rings. The Morgan fingerprint density at radius 3 is 2.78 bits per heavy atom. The molecule has 0 spiro atoms. The number of phenolic OH excluding ortho intramolecular Hbond substituents is 1. The summed E-state index contributed by atoms with van der Waals surface area (Å²) in [5.41, 5.74) is 0.935. The van der Waals surface area contributed by atoms with Crippen LogP contribution >= 0.6 is 11.8 Å². The molecule has 0 atom stereocenters. The van der Waals surface area contributed by atoms with Gasteiger partial charge in [0.05, 0.1) is 5.56 Å². The lowest BCUT2D eigenvalue weighted by atomic mass is 10.1. The van der Waals surface area contributed by atoms with E-state index < -0.39 is 5.82 Å². The number of hydrogen-bond donors (Lipinski definition) is 1. The topological polar surface area (TPSA) is 44.0 Å². The van der Waals surface area contributed by atoms with Crippen LogP contribution < -0.4 is 0 Å². The Morgan fingerprint density at radius 2 is 2.06 bits per heavy atom. The van der Waals surface area contributed by atoms with Crippen LogP contribution in [0.1, 0.15) is 11.1 Å². The number of phenols is 1. The van der Waals surface area contributed by atoms with Crippen molar-refractivity contribution >= 4 is 11.8 Å². The summed E-state index contributed by atoms with van der Waals surface area (Å²) in [6, 6.07) is 13.3. The minimum absolute atomic E-state index is 0.0593. The van der Waals surface area contributed by atoms with E-state index in [4.69, 9.17) is 5.26 Å². The summed E-state index contributed by atoms with van der Waals surface area (Å²) in [5, 5.41) is 18.1. The summed E-state index contributed by atoms with van der Waals surface area (Å²) in [5.74, 6) is 0.346. The van der Waals surface area contributed by atoms with Gasteiger partial charge in [0.2, 0.25) is 0 Å². The van der Waals surface area contributed by atoms with E-state index in [1.54, 1.807) is 30.3 Å². The highest BCUT2D eigenvalue weighted by molar-refractivity contribution is 7.98. The lowest BCUT2D eigenvalue weighted by Crippen LogP contribution is -1.87. The molecule has 2 aromatic rings. The van der Waals surface area contributed by atoms with E-state index in [-0.39, 0.29) is 11.3 Å². The smallest absolute Gasteiger partial charge is 0.140 e. The zero-order valence-electron chi connectivity index (χ0n) is 9.43. The summed E-state index contributed by atoms with van der Waals surface area (Å²) in [7, 11) is 0. The van der Waals surface area contributed by atoms with E-state index in [0.717, 1.165) is 10.5 Å². The van der Waals surface area contributed by atoms with Crippen LogP contribution in [0.5, 0.6) is 5.75 Å². The van der Waals surface area contributed by atoms with Crippen molar-refractivity contribution in [2.75, 3.05) is 0 Å². The van der Waals surface area contributed by atoms with Crippen molar-refractivity contribution in [2.45, 2.75) is 10.6 Å². The quantitative estimate of drug-likeness (QED) is 0.855. The standard InChI is InChI=1S/C14H10FNOS/c15-14-5-4-10(6-11(14)8-16)9-18-13-3-1-2-12(17)7-13/h1-7,17H,9H2. The van der Waals surface area contributed by atoms with Gasteiger partial charge >= 0.3 is 0 Å². The predicted molar refractivity (Wildman–Crippen MR) is 68.8 cm³/mol. The van der Waals surface area contributed by atoms with Crippen molar-refractivity contribution in [3.8, 4) is 11.8 Å². The number of nitriles is 1. The number of benzene rings is 2. The van der Waals surface area contributed by atoms with E-state index in [0.29, 0.717) is 5.75 Å². The van der Waals surface area contributed by atoms with E-state index in [1.165, 1.54) is 17.8 Å². The van der Waals surface area contributed by atoms with Crippen LogP contribution in [-0.2, 0) is 5.75 Å². The molecule has 2 rings (SSSR count). The highest BCUT2D eigenvalue weighted by atomic mass is 32.2. The van der Waals surface area contributed by atoms with Crippen molar-refractivity contribution in [3.05, 3.63) is 59.4 Å². The average Bonchev–Trinajstić information content (AvgIpc) is 2.38. The van der Waals surface area contributed by atoms with Crippen LogP contribution in [-0.4, -0.2) is 5.11 Å². The van der Waals surface area contributed by atoms with E-state index in [1.807, 2.05) is 12.1 Å². The molecule has 0 bridgehead atoms. The zero-order chi connectivity index (χ0) is 13.0.